The maximum absolute atomic E-state index is 10.8. The van der Waals surface area contributed by atoms with Crippen molar-refractivity contribution in [1.29, 1.82) is 0 Å². The standard InChI is InChI=1S/C15H23NO2S/c1-4-7-16(11-15(17)18)8-9-19-14-6-5-12(2)13(3)10-14/h5-6,10H,4,7-9,11H2,1-3H3,(H,17,18). The molecule has 0 fully saturated rings. The van der Waals surface area contributed by atoms with Crippen molar-refractivity contribution < 1.29 is 9.90 Å². The molecule has 4 heteroatoms. The number of hydrogen-bond acceptors (Lipinski definition) is 3. The lowest BCUT2D eigenvalue weighted by Crippen LogP contribution is -2.32. The number of rotatable bonds is 8. The van der Waals surface area contributed by atoms with E-state index in [-0.39, 0.29) is 6.54 Å². The van der Waals surface area contributed by atoms with E-state index in [0.717, 1.165) is 25.3 Å². The van der Waals surface area contributed by atoms with Crippen molar-refractivity contribution in [2.75, 3.05) is 25.4 Å². The maximum atomic E-state index is 10.8. The van der Waals surface area contributed by atoms with E-state index in [9.17, 15) is 4.79 Å². The molecule has 0 atom stereocenters. The fraction of sp³-hybridized carbons (Fsp3) is 0.533. The van der Waals surface area contributed by atoms with Crippen LogP contribution in [0.5, 0.6) is 0 Å². The van der Waals surface area contributed by atoms with E-state index >= 15 is 0 Å². The quantitative estimate of drug-likeness (QED) is 0.743. The highest BCUT2D eigenvalue weighted by Crippen LogP contribution is 2.21. The topological polar surface area (TPSA) is 40.5 Å². The molecule has 0 saturated carbocycles. The number of carbonyl (C=O) groups is 1. The van der Waals surface area contributed by atoms with E-state index < -0.39 is 5.97 Å². The molecular weight excluding hydrogens is 258 g/mol. The first-order chi connectivity index (χ1) is 9.02. The molecule has 1 rings (SSSR count). The van der Waals surface area contributed by atoms with Crippen molar-refractivity contribution in [3.8, 4) is 0 Å². The average Bonchev–Trinajstić information content (AvgIpc) is 2.33. The van der Waals surface area contributed by atoms with Gasteiger partial charge in [-0.25, -0.2) is 0 Å². The van der Waals surface area contributed by atoms with Gasteiger partial charge in [0.15, 0.2) is 0 Å². The fourth-order valence-electron chi connectivity index (χ4n) is 1.87. The molecule has 0 amide bonds. The Morgan fingerprint density at radius 2 is 2.00 bits per heavy atom. The molecule has 1 aromatic carbocycles. The van der Waals surface area contributed by atoms with Gasteiger partial charge in [-0.1, -0.05) is 13.0 Å². The van der Waals surface area contributed by atoms with Gasteiger partial charge in [-0.15, -0.1) is 11.8 Å². The fourth-order valence-corrected chi connectivity index (χ4v) is 2.88. The molecule has 0 aliphatic carbocycles. The van der Waals surface area contributed by atoms with Crippen LogP contribution in [0.3, 0.4) is 0 Å². The zero-order valence-corrected chi connectivity index (χ0v) is 12.8. The van der Waals surface area contributed by atoms with Gasteiger partial charge in [0, 0.05) is 17.2 Å². The van der Waals surface area contributed by atoms with Crippen molar-refractivity contribution in [3.63, 3.8) is 0 Å². The minimum Gasteiger partial charge on any atom is -0.480 e. The largest absolute Gasteiger partial charge is 0.480 e. The van der Waals surface area contributed by atoms with Gasteiger partial charge in [0.05, 0.1) is 6.54 Å². The highest BCUT2D eigenvalue weighted by atomic mass is 32.2. The van der Waals surface area contributed by atoms with E-state index in [1.54, 1.807) is 11.8 Å². The molecule has 0 spiro atoms. The molecule has 3 nitrogen and oxygen atoms in total. The van der Waals surface area contributed by atoms with Crippen LogP contribution in [0.15, 0.2) is 23.1 Å². The van der Waals surface area contributed by atoms with Crippen molar-refractivity contribution in [3.05, 3.63) is 29.3 Å². The predicted molar refractivity (Wildman–Crippen MR) is 81.0 cm³/mol. The molecule has 1 N–H and O–H groups in total. The van der Waals surface area contributed by atoms with E-state index in [4.69, 9.17) is 5.11 Å². The first kappa shape index (κ1) is 16.1. The summed E-state index contributed by atoms with van der Waals surface area (Å²) in [6, 6.07) is 6.47. The molecule has 19 heavy (non-hydrogen) atoms. The Morgan fingerprint density at radius 3 is 2.58 bits per heavy atom. The smallest absolute Gasteiger partial charge is 0.317 e. The number of hydrogen-bond donors (Lipinski definition) is 1. The molecule has 0 heterocycles. The first-order valence-corrected chi connectivity index (χ1v) is 7.65. The van der Waals surface area contributed by atoms with Crippen molar-refractivity contribution in [1.82, 2.24) is 4.90 Å². The van der Waals surface area contributed by atoms with Gasteiger partial charge in [-0.3, -0.25) is 9.69 Å². The van der Waals surface area contributed by atoms with Crippen LogP contribution in [0.2, 0.25) is 0 Å². The van der Waals surface area contributed by atoms with Gasteiger partial charge in [-0.05, 0) is 50.1 Å². The van der Waals surface area contributed by atoms with Crippen LogP contribution in [0.4, 0.5) is 0 Å². The van der Waals surface area contributed by atoms with E-state index in [0.29, 0.717) is 0 Å². The lowest BCUT2D eigenvalue weighted by Gasteiger charge is -2.19. The Bertz CT molecular complexity index is 421. The summed E-state index contributed by atoms with van der Waals surface area (Å²) in [5.41, 5.74) is 2.61. The van der Waals surface area contributed by atoms with Crippen molar-refractivity contribution >= 4 is 17.7 Å². The zero-order chi connectivity index (χ0) is 14.3. The monoisotopic (exact) mass is 281 g/mol. The Hall–Kier alpha value is -1.00. The third-order valence-electron chi connectivity index (χ3n) is 3.05. The predicted octanol–water partition coefficient (Wildman–Crippen LogP) is 3.19. The molecule has 0 saturated heterocycles. The van der Waals surface area contributed by atoms with Gasteiger partial charge in [0.1, 0.15) is 0 Å². The van der Waals surface area contributed by atoms with Crippen LogP contribution in [-0.2, 0) is 4.79 Å². The van der Waals surface area contributed by atoms with Crippen LogP contribution in [0.25, 0.3) is 0 Å². The molecule has 106 valence electrons. The number of nitrogens with zero attached hydrogens (tertiary/aromatic N) is 1. The number of aryl methyl sites for hydroxylation is 2. The Balaban J connectivity index is 2.42. The second-order valence-electron chi connectivity index (χ2n) is 4.76. The third-order valence-corrected chi connectivity index (χ3v) is 4.03. The highest BCUT2D eigenvalue weighted by molar-refractivity contribution is 7.99. The second-order valence-corrected chi connectivity index (χ2v) is 5.93. The molecule has 0 aliphatic rings. The molecular formula is C15H23NO2S. The summed E-state index contributed by atoms with van der Waals surface area (Å²) in [5, 5.41) is 8.85. The summed E-state index contributed by atoms with van der Waals surface area (Å²) in [6.45, 7) is 8.11. The molecule has 0 radical (unpaired) electrons. The molecule has 0 unspecified atom stereocenters. The van der Waals surface area contributed by atoms with Gasteiger partial charge in [0.25, 0.3) is 0 Å². The van der Waals surface area contributed by atoms with Crippen LogP contribution >= 0.6 is 11.8 Å². The highest BCUT2D eigenvalue weighted by Gasteiger charge is 2.08. The van der Waals surface area contributed by atoms with Gasteiger partial charge >= 0.3 is 5.97 Å². The first-order valence-electron chi connectivity index (χ1n) is 6.67. The number of aliphatic carboxylic acids is 1. The molecule has 1 aromatic rings. The Morgan fingerprint density at radius 1 is 1.26 bits per heavy atom. The van der Waals surface area contributed by atoms with Crippen molar-refractivity contribution in [2.45, 2.75) is 32.1 Å². The average molecular weight is 281 g/mol. The molecule has 0 bridgehead atoms. The lowest BCUT2D eigenvalue weighted by atomic mass is 10.1. The number of carboxylic acids is 1. The van der Waals surface area contributed by atoms with Gasteiger partial charge in [0.2, 0.25) is 0 Å². The Kier molecular flexibility index (Phi) is 6.95. The summed E-state index contributed by atoms with van der Waals surface area (Å²) >= 11 is 1.79. The normalized spacial score (nSPS) is 10.9. The number of carboxylic acid groups (broad SMARTS) is 1. The van der Waals surface area contributed by atoms with Gasteiger partial charge < -0.3 is 5.11 Å². The maximum Gasteiger partial charge on any atom is 0.317 e. The molecule has 0 aromatic heterocycles. The minimum atomic E-state index is -0.746. The summed E-state index contributed by atoms with van der Waals surface area (Å²) in [5.74, 6) is 0.181. The number of thioether (sulfide) groups is 1. The lowest BCUT2D eigenvalue weighted by molar-refractivity contribution is -0.138. The summed E-state index contributed by atoms with van der Waals surface area (Å²) in [7, 11) is 0. The zero-order valence-electron chi connectivity index (χ0n) is 12.0. The van der Waals surface area contributed by atoms with E-state index in [2.05, 4.69) is 39.0 Å². The molecule has 0 aliphatic heterocycles. The van der Waals surface area contributed by atoms with Crippen molar-refractivity contribution in [2.24, 2.45) is 0 Å². The van der Waals surface area contributed by atoms with Gasteiger partial charge in [-0.2, -0.15) is 0 Å². The van der Waals surface area contributed by atoms with Crippen LogP contribution in [0.1, 0.15) is 24.5 Å². The summed E-state index contributed by atoms with van der Waals surface area (Å²) in [4.78, 5) is 14.0. The van der Waals surface area contributed by atoms with E-state index in [1.165, 1.54) is 16.0 Å². The third kappa shape index (κ3) is 6.12. The Labute approximate surface area is 120 Å². The van der Waals surface area contributed by atoms with E-state index in [1.807, 2.05) is 4.90 Å². The minimum absolute atomic E-state index is 0.140. The summed E-state index contributed by atoms with van der Waals surface area (Å²) < 4.78 is 0. The second kappa shape index (κ2) is 8.23. The SMILES string of the molecule is CCCN(CCSc1ccc(C)c(C)c1)CC(=O)O. The number of benzene rings is 1. The van der Waals surface area contributed by atoms with Crippen LogP contribution < -0.4 is 0 Å². The van der Waals surface area contributed by atoms with Crippen LogP contribution in [0, 0.1) is 13.8 Å². The summed E-state index contributed by atoms with van der Waals surface area (Å²) in [6.07, 6.45) is 0.988. The van der Waals surface area contributed by atoms with Crippen LogP contribution in [-0.4, -0.2) is 41.4 Å².